The quantitative estimate of drug-likeness (QED) is 0.205. The lowest BCUT2D eigenvalue weighted by atomic mass is 9.96. The number of nitrogens with one attached hydrogen (secondary N) is 1. The smallest absolute Gasteiger partial charge is 0.261 e. The van der Waals surface area contributed by atoms with Gasteiger partial charge in [0, 0.05) is 14.2 Å². The first kappa shape index (κ1) is 26.0. The Morgan fingerprint density at radius 3 is 2.20 bits per heavy atom. The van der Waals surface area contributed by atoms with Gasteiger partial charge in [0.05, 0.1) is 12.1 Å². The zero-order valence-electron chi connectivity index (χ0n) is 18.2. The van der Waals surface area contributed by atoms with Crippen molar-refractivity contribution >= 4 is 11.6 Å². The third-order valence-corrected chi connectivity index (χ3v) is 4.51. The van der Waals surface area contributed by atoms with Gasteiger partial charge in [-0.05, 0) is 24.8 Å². The first-order valence-corrected chi connectivity index (χ1v) is 9.84. The highest BCUT2D eigenvalue weighted by Gasteiger charge is 2.30. The lowest BCUT2D eigenvalue weighted by Gasteiger charge is -2.26. The van der Waals surface area contributed by atoms with Gasteiger partial charge < -0.3 is 34.9 Å². The summed E-state index contributed by atoms with van der Waals surface area (Å²) in [6.07, 6.45) is -3.84. The number of ether oxygens (including phenoxy) is 2. The van der Waals surface area contributed by atoms with Crippen molar-refractivity contribution in [1.82, 2.24) is 5.32 Å². The Kier molecular flexibility index (Phi) is 11.5. The van der Waals surface area contributed by atoms with E-state index >= 15 is 0 Å². The van der Waals surface area contributed by atoms with Crippen LogP contribution in [0.15, 0.2) is 35.5 Å². The van der Waals surface area contributed by atoms with Crippen molar-refractivity contribution in [2.45, 2.75) is 57.8 Å². The van der Waals surface area contributed by atoms with Gasteiger partial charge in [0.25, 0.3) is 5.91 Å². The maximum Gasteiger partial charge on any atom is 0.261 e. The summed E-state index contributed by atoms with van der Waals surface area (Å²) in [4.78, 5) is 17.4. The molecule has 0 aromatic heterocycles. The molecule has 0 aliphatic carbocycles. The van der Waals surface area contributed by atoms with Crippen LogP contribution in [0.3, 0.4) is 0 Å². The molecule has 1 rings (SSSR count). The van der Waals surface area contributed by atoms with E-state index in [0.717, 1.165) is 5.56 Å². The van der Waals surface area contributed by atoms with Crippen molar-refractivity contribution in [3.05, 3.63) is 35.9 Å². The van der Waals surface area contributed by atoms with Crippen molar-refractivity contribution in [3.63, 3.8) is 0 Å². The van der Waals surface area contributed by atoms with Crippen LogP contribution in [0, 0.1) is 5.92 Å². The second-order valence-electron chi connectivity index (χ2n) is 7.37. The SMILES string of the molecule is COC(O)[C@@H](Cc1ccccc1)NC(=O)CO/N=C(/[C@@H](OC)C(C)C)[C@@H](O)[C@@H](C)O. The fourth-order valence-corrected chi connectivity index (χ4v) is 2.93. The summed E-state index contributed by atoms with van der Waals surface area (Å²) in [5.74, 6) is -0.577. The van der Waals surface area contributed by atoms with Gasteiger partial charge in [0.2, 0.25) is 0 Å². The van der Waals surface area contributed by atoms with E-state index in [-0.39, 0.29) is 11.6 Å². The number of rotatable bonds is 13. The van der Waals surface area contributed by atoms with Crippen LogP contribution in [0.2, 0.25) is 0 Å². The van der Waals surface area contributed by atoms with Crippen LogP contribution in [-0.2, 0) is 25.5 Å². The average Bonchev–Trinajstić information content (AvgIpc) is 2.71. The number of carbonyl (C=O) groups excluding carboxylic acids is 1. The Balaban J connectivity index is 2.79. The molecular weight excluding hydrogens is 392 g/mol. The van der Waals surface area contributed by atoms with E-state index in [1.165, 1.54) is 21.1 Å². The summed E-state index contributed by atoms with van der Waals surface area (Å²) in [7, 11) is 2.80. The van der Waals surface area contributed by atoms with E-state index in [9.17, 15) is 20.1 Å². The molecule has 0 fully saturated rings. The molecule has 0 spiro atoms. The zero-order valence-corrected chi connectivity index (χ0v) is 18.2. The molecule has 0 heterocycles. The number of hydrogen-bond acceptors (Lipinski definition) is 8. The number of amides is 1. The predicted octanol–water partition coefficient (Wildman–Crippen LogP) is 0.464. The monoisotopic (exact) mass is 426 g/mol. The number of hydrogen-bond donors (Lipinski definition) is 4. The predicted molar refractivity (Wildman–Crippen MR) is 112 cm³/mol. The van der Waals surface area contributed by atoms with E-state index in [4.69, 9.17) is 14.3 Å². The molecule has 1 aromatic carbocycles. The standard InChI is InChI=1S/C21H34N2O7/c1-13(2)20(28-4)18(19(26)14(3)24)23-30-12-17(25)22-16(21(27)29-5)11-15-9-7-6-8-10-15/h6-10,13-14,16,19-21,24,26-27H,11-12H2,1-5H3,(H,22,25)/b23-18+/t14-,16-,19+,20+,21?/m1/s1. The van der Waals surface area contributed by atoms with Crippen LogP contribution >= 0.6 is 0 Å². The third kappa shape index (κ3) is 8.37. The van der Waals surface area contributed by atoms with Crippen molar-refractivity contribution < 1.29 is 34.4 Å². The van der Waals surface area contributed by atoms with Gasteiger partial charge in [-0.3, -0.25) is 4.79 Å². The fourth-order valence-electron chi connectivity index (χ4n) is 2.93. The highest BCUT2D eigenvalue weighted by molar-refractivity contribution is 5.93. The van der Waals surface area contributed by atoms with Crippen LogP contribution in [-0.4, -0.2) is 78.4 Å². The van der Waals surface area contributed by atoms with Gasteiger partial charge in [-0.25, -0.2) is 0 Å². The number of oxime groups is 1. The van der Waals surface area contributed by atoms with Crippen LogP contribution in [0.1, 0.15) is 26.3 Å². The summed E-state index contributed by atoms with van der Waals surface area (Å²) in [5.41, 5.74) is 1.01. The van der Waals surface area contributed by atoms with Gasteiger partial charge in [-0.1, -0.05) is 49.3 Å². The summed E-state index contributed by atoms with van der Waals surface area (Å²) < 4.78 is 10.3. The molecule has 30 heavy (non-hydrogen) atoms. The summed E-state index contributed by atoms with van der Waals surface area (Å²) in [6.45, 7) is 4.70. The lowest BCUT2D eigenvalue weighted by molar-refractivity contribution is -0.134. The van der Waals surface area contributed by atoms with Crippen molar-refractivity contribution in [2.75, 3.05) is 20.8 Å². The summed E-state index contributed by atoms with van der Waals surface area (Å²) in [5, 5.41) is 36.5. The Labute approximate surface area is 177 Å². The van der Waals surface area contributed by atoms with Gasteiger partial charge in [0.1, 0.15) is 17.9 Å². The number of nitrogens with zero attached hydrogens (tertiary/aromatic N) is 1. The Hall–Kier alpha value is -2.04. The minimum atomic E-state index is -1.30. The van der Waals surface area contributed by atoms with Gasteiger partial charge in [-0.2, -0.15) is 0 Å². The van der Waals surface area contributed by atoms with E-state index in [2.05, 4.69) is 10.5 Å². The van der Waals surface area contributed by atoms with E-state index < -0.39 is 43.2 Å². The largest absolute Gasteiger partial charge is 0.390 e. The fraction of sp³-hybridized carbons (Fsp3) is 0.619. The molecule has 0 radical (unpaired) electrons. The molecule has 4 N–H and O–H groups in total. The van der Waals surface area contributed by atoms with E-state index in [0.29, 0.717) is 6.42 Å². The summed E-state index contributed by atoms with van der Waals surface area (Å²) in [6, 6.07) is 8.66. The molecule has 0 saturated heterocycles. The van der Waals surface area contributed by atoms with Gasteiger partial charge >= 0.3 is 0 Å². The van der Waals surface area contributed by atoms with Gasteiger partial charge in [-0.15, -0.1) is 0 Å². The number of carbonyl (C=O) groups is 1. The second kappa shape index (κ2) is 13.3. The third-order valence-electron chi connectivity index (χ3n) is 4.51. The molecule has 1 aromatic rings. The van der Waals surface area contributed by atoms with Crippen molar-refractivity contribution in [3.8, 4) is 0 Å². The van der Waals surface area contributed by atoms with Crippen molar-refractivity contribution in [2.24, 2.45) is 11.1 Å². The molecule has 9 heteroatoms. The molecule has 170 valence electrons. The maximum atomic E-state index is 12.3. The molecule has 5 atom stereocenters. The summed E-state index contributed by atoms with van der Waals surface area (Å²) >= 11 is 0. The Morgan fingerprint density at radius 2 is 1.70 bits per heavy atom. The molecule has 0 aliphatic heterocycles. The molecule has 0 aliphatic rings. The Morgan fingerprint density at radius 1 is 1.07 bits per heavy atom. The van der Waals surface area contributed by atoms with Crippen molar-refractivity contribution in [1.29, 1.82) is 0 Å². The molecule has 1 unspecified atom stereocenters. The molecule has 0 saturated carbocycles. The van der Waals surface area contributed by atoms with Crippen LogP contribution in [0.25, 0.3) is 0 Å². The average molecular weight is 427 g/mol. The number of benzene rings is 1. The minimum absolute atomic E-state index is 0.0494. The van der Waals surface area contributed by atoms with E-state index in [1.807, 2.05) is 44.2 Å². The van der Waals surface area contributed by atoms with E-state index in [1.54, 1.807) is 0 Å². The Bertz CT molecular complexity index is 652. The second-order valence-corrected chi connectivity index (χ2v) is 7.37. The molecule has 0 bridgehead atoms. The first-order valence-electron chi connectivity index (χ1n) is 9.84. The highest BCUT2D eigenvalue weighted by atomic mass is 16.6. The van der Waals surface area contributed by atoms with Crippen LogP contribution in [0.5, 0.6) is 0 Å². The van der Waals surface area contributed by atoms with Crippen LogP contribution in [0.4, 0.5) is 0 Å². The first-order chi connectivity index (χ1) is 14.2. The van der Waals surface area contributed by atoms with Gasteiger partial charge in [0.15, 0.2) is 12.9 Å². The highest BCUT2D eigenvalue weighted by Crippen LogP contribution is 2.13. The van der Waals surface area contributed by atoms with Crippen LogP contribution < -0.4 is 5.32 Å². The molecule has 9 nitrogen and oxygen atoms in total. The number of methoxy groups -OCH3 is 2. The zero-order chi connectivity index (χ0) is 22.7. The normalized spacial score (nSPS) is 17.2. The number of aliphatic hydroxyl groups is 3. The maximum absolute atomic E-state index is 12.3. The lowest BCUT2D eigenvalue weighted by Crippen LogP contribution is -2.47. The minimum Gasteiger partial charge on any atom is -0.390 e. The molecular formula is C21H34N2O7. The topological polar surface area (TPSA) is 130 Å². The number of aliphatic hydroxyl groups excluding tert-OH is 3. The molecule has 1 amide bonds.